The minimum Gasteiger partial charge on any atom is -0.396 e. The number of ketones is 1. The molecule has 2 heteroatoms. The Morgan fingerprint density at radius 3 is 1.87 bits per heavy atom. The number of carbonyl (C=O) groups is 1. The highest BCUT2D eigenvalue weighted by Crippen LogP contribution is 2.38. The van der Waals surface area contributed by atoms with Crippen molar-refractivity contribution in [1.82, 2.24) is 0 Å². The molecule has 0 aromatic heterocycles. The monoisotopic (exact) mass is 322 g/mol. The Balaban J connectivity index is 1.94. The van der Waals surface area contributed by atoms with Gasteiger partial charge >= 0.3 is 0 Å². The van der Waals surface area contributed by atoms with E-state index in [-0.39, 0.29) is 5.41 Å². The van der Waals surface area contributed by atoms with Crippen LogP contribution in [-0.2, 0) is 4.79 Å². The van der Waals surface area contributed by atoms with Gasteiger partial charge in [0.15, 0.2) is 5.78 Å². The molecule has 0 bridgehead atoms. The lowest BCUT2D eigenvalue weighted by Gasteiger charge is -2.31. The molecule has 0 amide bonds. The molecule has 0 fully saturated rings. The first-order valence-corrected chi connectivity index (χ1v) is 9.91. The predicted octanol–water partition coefficient (Wildman–Crippen LogP) is 5.98. The highest BCUT2D eigenvalue weighted by atomic mass is 16.2. The van der Waals surface area contributed by atoms with Gasteiger partial charge in [-0.25, -0.2) is 0 Å². The van der Waals surface area contributed by atoms with Crippen molar-refractivity contribution in [1.29, 1.82) is 0 Å². The highest BCUT2D eigenvalue weighted by molar-refractivity contribution is 5.91. The number of unbranched alkanes of at least 4 members (excludes halogenated alkanes) is 10. The second-order valence-electron chi connectivity index (χ2n) is 7.88. The molecule has 1 N–H and O–H groups in total. The van der Waals surface area contributed by atoms with Crippen molar-refractivity contribution >= 4 is 5.78 Å². The average Bonchev–Trinajstić information content (AvgIpc) is 2.52. The van der Waals surface area contributed by atoms with E-state index in [9.17, 15) is 4.79 Å². The minimum absolute atomic E-state index is 0.240. The van der Waals surface area contributed by atoms with Crippen molar-refractivity contribution in [2.45, 2.75) is 104 Å². The van der Waals surface area contributed by atoms with Crippen molar-refractivity contribution in [2.24, 2.45) is 5.41 Å². The average molecular weight is 323 g/mol. The zero-order valence-electron chi connectivity index (χ0n) is 15.5. The van der Waals surface area contributed by atoms with E-state index in [0.717, 1.165) is 25.7 Å². The molecule has 0 unspecified atom stereocenters. The number of hydrogen-bond acceptors (Lipinski definition) is 2. The molecule has 0 aromatic rings. The van der Waals surface area contributed by atoms with Crippen LogP contribution in [0.15, 0.2) is 11.6 Å². The highest BCUT2D eigenvalue weighted by Gasteiger charge is 2.27. The lowest BCUT2D eigenvalue weighted by molar-refractivity contribution is -0.115. The standard InChI is InChI=1S/C21H38O2/c1-21(2)16-15-20(23)18-19(21)14-12-10-8-6-4-3-5-7-9-11-13-17-22/h18,22H,3-17H2,1-2H3. The summed E-state index contributed by atoms with van der Waals surface area (Å²) in [5, 5.41) is 8.71. The molecule has 2 nitrogen and oxygen atoms in total. The van der Waals surface area contributed by atoms with E-state index < -0.39 is 0 Å². The maximum absolute atomic E-state index is 11.6. The van der Waals surface area contributed by atoms with E-state index in [4.69, 9.17) is 5.11 Å². The number of hydrogen-bond donors (Lipinski definition) is 1. The minimum atomic E-state index is 0.240. The molecule has 0 heterocycles. The largest absolute Gasteiger partial charge is 0.396 e. The molecule has 134 valence electrons. The molecule has 1 aliphatic rings. The van der Waals surface area contributed by atoms with Crippen LogP contribution in [0.3, 0.4) is 0 Å². The van der Waals surface area contributed by atoms with E-state index in [1.807, 2.05) is 6.08 Å². The van der Waals surface area contributed by atoms with Gasteiger partial charge in [-0.05, 0) is 37.2 Å². The van der Waals surface area contributed by atoms with Crippen LogP contribution in [0.4, 0.5) is 0 Å². The van der Waals surface area contributed by atoms with Gasteiger partial charge in [0.05, 0.1) is 0 Å². The van der Waals surface area contributed by atoms with Crippen LogP contribution in [0.25, 0.3) is 0 Å². The lowest BCUT2D eigenvalue weighted by atomic mass is 9.73. The smallest absolute Gasteiger partial charge is 0.155 e. The molecule has 0 spiro atoms. The molecule has 0 aliphatic heterocycles. The molecular formula is C21H38O2. The topological polar surface area (TPSA) is 37.3 Å². The normalized spacial score (nSPS) is 17.3. The number of aliphatic hydroxyl groups excluding tert-OH is 1. The van der Waals surface area contributed by atoms with Gasteiger partial charge in [0, 0.05) is 13.0 Å². The number of rotatable bonds is 13. The summed E-state index contributed by atoms with van der Waals surface area (Å²) in [5.41, 5.74) is 1.63. The summed E-state index contributed by atoms with van der Waals surface area (Å²) in [6.07, 6.45) is 18.9. The first-order chi connectivity index (χ1) is 11.1. The van der Waals surface area contributed by atoms with E-state index in [1.165, 1.54) is 69.8 Å². The Morgan fingerprint density at radius 1 is 0.870 bits per heavy atom. The van der Waals surface area contributed by atoms with Crippen LogP contribution in [0.2, 0.25) is 0 Å². The molecule has 1 rings (SSSR count). The van der Waals surface area contributed by atoms with Crippen LogP contribution in [0, 0.1) is 5.41 Å². The summed E-state index contributed by atoms with van der Waals surface area (Å²) in [6.45, 7) is 4.92. The lowest BCUT2D eigenvalue weighted by Crippen LogP contribution is -2.22. The van der Waals surface area contributed by atoms with Gasteiger partial charge in [0.25, 0.3) is 0 Å². The van der Waals surface area contributed by atoms with Gasteiger partial charge in [-0.3, -0.25) is 4.79 Å². The fourth-order valence-electron chi connectivity index (χ4n) is 3.49. The van der Waals surface area contributed by atoms with Crippen LogP contribution in [-0.4, -0.2) is 17.5 Å². The van der Waals surface area contributed by atoms with E-state index in [0.29, 0.717) is 12.4 Å². The molecule has 1 aliphatic carbocycles. The van der Waals surface area contributed by atoms with Gasteiger partial charge in [-0.1, -0.05) is 77.2 Å². The first kappa shape index (κ1) is 20.4. The van der Waals surface area contributed by atoms with Crippen molar-refractivity contribution in [2.75, 3.05) is 6.61 Å². The third-order valence-electron chi connectivity index (χ3n) is 5.31. The van der Waals surface area contributed by atoms with Crippen molar-refractivity contribution < 1.29 is 9.90 Å². The molecular weight excluding hydrogens is 284 g/mol. The first-order valence-electron chi connectivity index (χ1n) is 9.91. The van der Waals surface area contributed by atoms with Crippen molar-refractivity contribution in [3.8, 4) is 0 Å². The van der Waals surface area contributed by atoms with Gasteiger partial charge in [-0.15, -0.1) is 0 Å². The Morgan fingerprint density at radius 2 is 1.35 bits per heavy atom. The third-order valence-corrected chi connectivity index (χ3v) is 5.31. The molecule has 0 saturated carbocycles. The molecule has 0 atom stereocenters. The van der Waals surface area contributed by atoms with Gasteiger partial charge in [0.2, 0.25) is 0 Å². The zero-order valence-corrected chi connectivity index (χ0v) is 15.5. The van der Waals surface area contributed by atoms with E-state index in [2.05, 4.69) is 13.8 Å². The number of aliphatic hydroxyl groups is 1. The fourth-order valence-corrected chi connectivity index (χ4v) is 3.49. The Hall–Kier alpha value is -0.630. The summed E-state index contributed by atoms with van der Waals surface area (Å²) < 4.78 is 0. The number of allylic oxidation sites excluding steroid dienone is 2. The SMILES string of the molecule is CC1(C)CCC(=O)C=C1CCCCCCCCCCCCCO. The third kappa shape index (κ3) is 9.30. The molecule has 0 aromatic carbocycles. The summed E-state index contributed by atoms with van der Waals surface area (Å²) >= 11 is 0. The van der Waals surface area contributed by atoms with Crippen molar-refractivity contribution in [3.05, 3.63) is 11.6 Å². The summed E-state index contributed by atoms with van der Waals surface area (Å²) in [7, 11) is 0. The molecule has 23 heavy (non-hydrogen) atoms. The maximum atomic E-state index is 11.6. The summed E-state index contributed by atoms with van der Waals surface area (Å²) in [5.74, 6) is 0.332. The second kappa shape index (κ2) is 11.8. The van der Waals surface area contributed by atoms with Gasteiger partial charge < -0.3 is 5.11 Å². The van der Waals surface area contributed by atoms with Crippen molar-refractivity contribution in [3.63, 3.8) is 0 Å². The quantitative estimate of drug-likeness (QED) is 0.424. The Labute approximate surface area is 143 Å². The van der Waals surface area contributed by atoms with Gasteiger partial charge in [0.1, 0.15) is 0 Å². The van der Waals surface area contributed by atoms with Crippen LogP contribution < -0.4 is 0 Å². The predicted molar refractivity (Wildman–Crippen MR) is 98.6 cm³/mol. The zero-order chi connectivity index (χ0) is 17.0. The summed E-state index contributed by atoms with van der Waals surface area (Å²) in [6, 6.07) is 0. The second-order valence-corrected chi connectivity index (χ2v) is 7.88. The van der Waals surface area contributed by atoms with Crippen LogP contribution in [0.1, 0.15) is 104 Å². The number of carbonyl (C=O) groups excluding carboxylic acids is 1. The maximum Gasteiger partial charge on any atom is 0.155 e. The fraction of sp³-hybridized carbons (Fsp3) is 0.857. The molecule has 0 radical (unpaired) electrons. The van der Waals surface area contributed by atoms with Crippen LogP contribution in [0.5, 0.6) is 0 Å². The Bertz CT molecular complexity index is 355. The van der Waals surface area contributed by atoms with E-state index >= 15 is 0 Å². The van der Waals surface area contributed by atoms with Gasteiger partial charge in [-0.2, -0.15) is 0 Å². The Kier molecular flexibility index (Phi) is 10.5. The summed E-state index contributed by atoms with van der Waals surface area (Å²) in [4.78, 5) is 11.6. The van der Waals surface area contributed by atoms with E-state index in [1.54, 1.807) is 0 Å². The van der Waals surface area contributed by atoms with Crippen LogP contribution >= 0.6 is 0 Å². The molecule has 0 saturated heterocycles.